The smallest absolute Gasteiger partial charge is 0.433 e. The number of anilines is 2. The van der Waals surface area contributed by atoms with Crippen LogP contribution in [0, 0.1) is 29.6 Å². The van der Waals surface area contributed by atoms with Crippen LogP contribution >= 0.6 is 21.6 Å². The summed E-state index contributed by atoms with van der Waals surface area (Å²) in [6.45, 7) is 10.4. The third kappa shape index (κ3) is 19.8. The van der Waals surface area contributed by atoms with Crippen molar-refractivity contribution < 1.29 is 80.6 Å². The van der Waals surface area contributed by atoms with E-state index < -0.39 is 107 Å². The number of imidazole rings is 1. The number of carbonyl (C=O) groups excluding carboxylic acids is 6. The number of hydrazine groups is 1. The van der Waals surface area contributed by atoms with Crippen LogP contribution in [-0.2, 0) is 65.1 Å². The summed E-state index contributed by atoms with van der Waals surface area (Å²) in [7, 11) is 7.58. The van der Waals surface area contributed by atoms with E-state index in [-0.39, 0.29) is 91.9 Å². The summed E-state index contributed by atoms with van der Waals surface area (Å²) >= 11 is 0. The van der Waals surface area contributed by atoms with Crippen molar-refractivity contribution in [2.75, 3.05) is 76.4 Å². The highest BCUT2D eigenvalue weighted by molar-refractivity contribution is 8.76. The molecule has 5 aliphatic rings. The van der Waals surface area contributed by atoms with Gasteiger partial charge in [0.1, 0.15) is 47.7 Å². The van der Waals surface area contributed by atoms with Crippen molar-refractivity contribution in [3.63, 3.8) is 0 Å². The number of aromatic amines is 1. The van der Waals surface area contributed by atoms with E-state index in [1.807, 2.05) is 37.9 Å². The number of esters is 1. The molecule has 8 rings (SSSR count). The van der Waals surface area contributed by atoms with Gasteiger partial charge in [-0.25, -0.2) is 29.4 Å². The van der Waals surface area contributed by atoms with E-state index in [0.29, 0.717) is 68.0 Å². The van der Waals surface area contributed by atoms with Crippen molar-refractivity contribution in [3.8, 4) is 0 Å². The number of alkyl halides is 3. The Labute approximate surface area is 572 Å². The van der Waals surface area contributed by atoms with Crippen LogP contribution in [-0.4, -0.2) is 189 Å². The molecule has 0 spiro atoms. The van der Waals surface area contributed by atoms with Crippen LogP contribution in [0.1, 0.15) is 142 Å². The van der Waals surface area contributed by atoms with E-state index >= 15 is 0 Å². The second-order valence-corrected chi connectivity index (χ2v) is 29.2. The van der Waals surface area contributed by atoms with Gasteiger partial charge in [-0.15, -0.1) is 0 Å². The molecule has 3 aromatic heterocycles. The van der Waals surface area contributed by atoms with Gasteiger partial charge < -0.3 is 59.6 Å². The van der Waals surface area contributed by atoms with Crippen molar-refractivity contribution in [2.24, 2.45) is 29.6 Å². The molecule has 6 N–H and O–H groups in total. The number of hydrogen-bond acceptors (Lipinski definition) is 21. The van der Waals surface area contributed by atoms with E-state index in [4.69, 9.17) is 34.2 Å². The number of halogens is 3. The maximum absolute atomic E-state index is 14.7. The summed E-state index contributed by atoms with van der Waals surface area (Å²) in [5.41, 5.74) is 5.71. The number of carbonyl (C=O) groups is 6. The zero-order chi connectivity index (χ0) is 70.3. The molecule has 13 atom stereocenters. The Morgan fingerprint density at radius 3 is 2.35 bits per heavy atom. The highest BCUT2D eigenvalue weighted by Crippen LogP contribution is 2.40. The van der Waals surface area contributed by atoms with Gasteiger partial charge in [0.25, 0.3) is 11.7 Å². The lowest BCUT2D eigenvalue weighted by Crippen LogP contribution is -2.64. The third-order valence-electron chi connectivity index (χ3n) is 19.2. The molecule has 1 aliphatic carbocycles. The number of pyridine rings is 2. The number of hydrogen-bond donors (Lipinski definition) is 5. The second-order valence-electron chi connectivity index (χ2n) is 26.5. The van der Waals surface area contributed by atoms with E-state index in [1.165, 1.54) is 58.0 Å². The molecule has 0 radical (unpaired) electrons. The number of aliphatic hydroxyl groups is 2. The van der Waals surface area contributed by atoms with Crippen molar-refractivity contribution >= 4 is 79.7 Å². The van der Waals surface area contributed by atoms with Crippen molar-refractivity contribution in [1.82, 2.24) is 34.7 Å². The second kappa shape index (κ2) is 35.2. The first-order valence-corrected chi connectivity index (χ1v) is 36.2. The SMILES string of the molecule is COC1CCC[C@@H](/C=C(\C)[C@H]2OC(=O)C3CCCCN3C(=O)C(=O)C3(O)OC(C(OC)CC(C)C/C(C)=C\[C@H](C/C=C/C(=O)NCCSSCCOC(=O)N(c4ccc(Cn5c(=O)[nH]c6c(N)nc(C(F)(F)F)cc65)cn4)N4CCCCC4)C(=O)C[C@H](O)[C@H]2C)C(OC)CC3C)C1. The number of nitrogens with one attached hydrogen (secondary N) is 2. The Morgan fingerprint density at radius 1 is 0.928 bits per heavy atom. The first-order chi connectivity index (χ1) is 46.2. The summed E-state index contributed by atoms with van der Waals surface area (Å²) in [6.07, 6.45) is 6.27. The fraction of sp³-hybridized carbons (Fsp3) is 0.662. The molecule has 29 heteroatoms. The fourth-order valence-corrected chi connectivity index (χ4v) is 15.6. The molecular weight excluding hydrogens is 1300 g/mol. The van der Waals surface area contributed by atoms with Gasteiger partial charge in [0, 0.05) is 89.4 Å². The van der Waals surface area contributed by atoms with Crippen LogP contribution in [0.2, 0.25) is 0 Å². The van der Waals surface area contributed by atoms with Crippen LogP contribution in [0.4, 0.5) is 29.6 Å². The molecule has 536 valence electrons. The number of H-pyrrole nitrogens is 1. The van der Waals surface area contributed by atoms with Gasteiger partial charge in [-0.05, 0) is 132 Å². The van der Waals surface area contributed by atoms with E-state index in [9.17, 15) is 56.9 Å². The highest BCUT2D eigenvalue weighted by atomic mass is 33.1. The van der Waals surface area contributed by atoms with Gasteiger partial charge in [0.2, 0.25) is 11.7 Å². The number of ketones is 2. The number of aliphatic hydroxyl groups excluding tert-OH is 1. The van der Waals surface area contributed by atoms with E-state index in [2.05, 4.69) is 20.3 Å². The van der Waals surface area contributed by atoms with Crippen LogP contribution in [0.5, 0.6) is 0 Å². The molecule has 2 bridgehead atoms. The van der Waals surface area contributed by atoms with Crippen molar-refractivity contribution in [3.05, 3.63) is 81.6 Å². The molecule has 0 aromatic carbocycles. The van der Waals surface area contributed by atoms with Gasteiger partial charge in [-0.3, -0.25) is 23.7 Å². The number of fused-ring (bicyclic) bond motifs is 4. The van der Waals surface area contributed by atoms with Crippen LogP contribution in [0.25, 0.3) is 11.0 Å². The zero-order valence-corrected chi connectivity index (χ0v) is 58.4. The number of nitrogens with zero attached hydrogens (tertiary/aromatic N) is 6. The lowest BCUT2D eigenvalue weighted by molar-refractivity contribution is -0.302. The number of ether oxygens (including phenoxy) is 6. The Kier molecular flexibility index (Phi) is 27.8. The first-order valence-electron chi connectivity index (χ1n) is 33.7. The number of rotatable bonds is 19. The number of aromatic nitrogens is 4. The molecule has 97 heavy (non-hydrogen) atoms. The number of methoxy groups -OCH3 is 3. The molecule has 4 aliphatic heterocycles. The predicted molar refractivity (Wildman–Crippen MR) is 360 cm³/mol. The number of amides is 3. The Balaban J connectivity index is 0.900. The van der Waals surface area contributed by atoms with Gasteiger partial charge in [-0.1, -0.05) is 85.1 Å². The first kappa shape index (κ1) is 76.6. The minimum Gasteiger partial charge on any atom is -0.456 e. The summed E-state index contributed by atoms with van der Waals surface area (Å²) in [5, 5.41) is 30.5. The lowest BCUT2D eigenvalue weighted by atomic mass is 9.82. The summed E-state index contributed by atoms with van der Waals surface area (Å²) in [4.78, 5) is 110. The average Bonchev–Trinajstić information content (AvgIpc) is 1.35. The fourth-order valence-electron chi connectivity index (χ4n) is 13.9. The topological polar surface area (TPSA) is 310 Å². The maximum atomic E-state index is 14.7. The number of Topliss-reactive ketones (excluding diaryl/α,β-unsaturated/α-hetero) is 2. The normalized spacial score (nSPS) is 29.5. The maximum Gasteiger partial charge on any atom is 0.433 e. The van der Waals surface area contributed by atoms with Crippen LogP contribution < -0.4 is 21.7 Å². The number of piperidine rings is 2. The quantitative estimate of drug-likeness (QED) is 0.0187. The summed E-state index contributed by atoms with van der Waals surface area (Å²) < 4.78 is 78.0. The van der Waals surface area contributed by atoms with Crippen molar-refractivity contribution in [2.45, 2.75) is 192 Å². The average molecular weight is 1400 g/mol. The largest absolute Gasteiger partial charge is 0.456 e. The minimum atomic E-state index is -4.79. The zero-order valence-electron chi connectivity index (χ0n) is 56.7. The van der Waals surface area contributed by atoms with Gasteiger partial charge in [-0.2, -0.15) is 18.2 Å². The van der Waals surface area contributed by atoms with Crippen LogP contribution in [0.3, 0.4) is 0 Å². The number of allylic oxidation sites excluding steroid dienone is 4. The Bertz CT molecular complexity index is 3360. The monoisotopic (exact) mass is 1400 g/mol. The standard InChI is InChI=1S/C68H96F3N9O15S2/c1-40-30-41(2)32-53(91-7)60-54(92-8)34-43(4)67(89,95-60)61(84)63(85)78-26-13-10-19-49(78)64(86)94-59(42(3)33-45-16-14-18-48(35-45)90-6)44(5)51(81)37-52(82)47(31-40)17-15-20-57(83)73-23-28-96-97-29-27-93-66(88)80(77-24-11-9-12-25-77)56-22-21-46(38-74-56)39-79-50-36-55(68(69,70)71)75-62(72)58(50)76-65(79)87/h15,20-22,31,33,36,38,41,43-45,47-49,51,53-54,59-60,81,89H,9-14,16-19,23-30,32,34-35,37,39H2,1-8H3,(H2,72,75)(H,73,83)(H,76,87)/b20-15+,40-31-,42-33+/t41?,43?,44-,45+,47+,48?,49?,51+,53?,54?,59-,60?,67?/m1/s1. The Morgan fingerprint density at radius 2 is 1.65 bits per heavy atom. The molecule has 4 fully saturated rings. The molecule has 24 nitrogen and oxygen atoms in total. The number of nitrogen functional groups attached to an aromatic ring is 1. The predicted octanol–water partition coefficient (Wildman–Crippen LogP) is 8.66. The summed E-state index contributed by atoms with van der Waals surface area (Å²) in [6, 6.07) is 2.76. The Hall–Kier alpha value is -6.18. The van der Waals surface area contributed by atoms with E-state index in [1.54, 1.807) is 39.2 Å². The van der Waals surface area contributed by atoms with Gasteiger partial charge in [0.05, 0.1) is 36.5 Å². The van der Waals surface area contributed by atoms with Gasteiger partial charge in [0.15, 0.2) is 5.82 Å². The molecule has 3 saturated heterocycles. The molecule has 3 amide bonds. The molecule has 7 heterocycles. The third-order valence-corrected chi connectivity index (χ3v) is 21.6. The minimum absolute atomic E-state index is 0.0252. The van der Waals surface area contributed by atoms with Crippen molar-refractivity contribution in [1.29, 1.82) is 0 Å². The molecular formula is C68H96F3N9O15S2. The number of cyclic esters (lactones) is 1. The highest BCUT2D eigenvalue weighted by Gasteiger charge is 2.57. The van der Waals surface area contributed by atoms with Gasteiger partial charge >= 0.3 is 23.9 Å². The molecule has 8 unspecified atom stereocenters. The molecule has 3 aromatic rings. The molecule has 1 saturated carbocycles. The van der Waals surface area contributed by atoms with E-state index in [0.717, 1.165) is 61.2 Å². The lowest BCUT2D eigenvalue weighted by Gasteiger charge is -2.47. The summed E-state index contributed by atoms with van der Waals surface area (Å²) in [5.74, 6) is -8.21. The van der Waals surface area contributed by atoms with Crippen LogP contribution in [0.15, 0.2) is 64.6 Å². The number of nitrogens with two attached hydrogens (primary N) is 1.